The molecule has 176 valence electrons. The topological polar surface area (TPSA) is 50.1 Å². The van der Waals surface area contributed by atoms with Crippen molar-refractivity contribution in [2.45, 2.75) is 0 Å². The maximum atomic E-state index is 9.24. The Balaban J connectivity index is 1.52. The minimum absolute atomic E-state index is 0.651. The highest BCUT2D eigenvalue weighted by atomic mass is 16.3. The van der Waals surface area contributed by atoms with E-state index >= 15 is 0 Å². The lowest BCUT2D eigenvalue weighted by Gasteiger charge is -2.13. The molecular formula is C35H19NO2. The van der Waals surface area contributed by atoms with Gasteiger partial charge < -0.3 is 8.83 Å². The first-order chi connectivity index (χ1) is 18.8. The third kappa shape index (κ3) is 2.89. The third-order valence-corrected chi connectivity index (χ3v) is 7.53. The van der Waals surface area contributed by atoms with Crippen molar-refractivity contribution in [2.75, 3.05) is 0 Å². The number of hydrogen-bond donors (Lipinski definition) is 0. The molecule has 0 aliphatic carbocycles. The van der Waals surface area contributed by atoms with Crippen LogP contribution in [0.5, 0.6) is 0 Å². The molecule has 0 radical (unpaired) electrons. The molecule has 0 aliphatic heterocycles. The van der Waals surface area contributed by atoms with Crippen molar-refractivity contribution in [3.05, 3.63) is 121 Å². The van der Waals surface area contributed by atoms with Gasteiger partial charge in [0.25, 0.3) is 0 Å². The van der Waals surface area contributed by atoms with Crippen LogP contribution in [-0.2, 0) is 0 Å². The van der Waals surface area contributed by atoms with Gasteiger partial charge in [0.2, 0.25) is 0 Å². The number of nitriles is 1. The Morgan fingerprint density at radius 1 is 0.474 bits per heavy atom. The van der Waals surface area contributed by atoms with Crippen molar-refractivity contribution in [1.82, 2.24) is 0 Å². The van der Waals surface area contributed by atoms with E-state index in [1.165, 1.54) is 0 Å². The summed E-state index contributed by atoms with van der Waals surface area (Å²) in [5.41, 5.74) is 8.24. The Kier molecular flexibility index (Phi) is 4.29. The molecule has 0 atom stereocenters. The van der Waals surface area contributed by atoms with Gasteiger partial charge in [-0.05, 0) is 57.8 Å². The zero-order valence-corrected chi connectivity index (χ0v) is 20.2. The third-order valence-electron chi connectivity index (χ3n) is 7.53. The SMILES string of the molecule is N#Cc1ccc(-c2ccc(-c3c4oc5ccccc5c4cc4c3oc3ccccc34)c3ccccc23)cc1. The molecule has 6 aromatic carbocycles. The number of rotatable bonds is 2. The van der Waals surface area contributed by atoms with Gasteiger partial charge in [-0.2, -0.15) is 5.26 Å². The highest BCUT2D eigenvalue weighted by molar-refractivity contribution is 6.24. The zero-order valence-electron chi connectivity index (χ0n) is 20.2. The summed E-state index contributed by atoms with van der Waals surface area (Å²) in [6, 6.07) is 41.3. The minimum atomic E-state index is 0.651. The number of nitrogens with zero attached hydrogens (tertiary/aromatic N) is 1. The van der Waals surface area contributed by atoms with Crippen molar-refractivity contribution >= 4 is 54.6 Å². The fourth-order valence-electron chi connectivity index (χ4n) is 5.77. The van der Waals surface area contributed by atoms with Crippen LogP contribution >= 0.6 is 0 Å². The van der Waals surface area contributed by atoms with Gasteiger partial charge >= 0.3 is 0 Å². The predicted octanol–water partition coefficient (Wildman–Crippen LogP) is 9.84. The van der Waals surface area contributed by atoms with Gasteiger partial charge in [-0.1, -0.05) is 84.9 Å². The molecule has 2 heterocycles. The second-order valence-electron chi connectivity index (χ2n) is 9.60. The number of furan rings is 2. The standard InChI is InChI=1S/C35H19NO2/c36-20-21-13-15-22(16-14-21)23-17-18-28(25-8-2-1-7-24(23)25)33-34-29(26-9-3-5-11-31(26)37-34)19-30-27-10-4-6-12-32(27)38-35(30)33/h1-19H. The van der Waals surface area contributed by atoms with Gasteiger partial charge in [-0.25, -0.2) is 0 Å². The molecular weight excluding hydrogens is 466 g/mol. The van der Waals surface area contributed by atoms with Crippen LogP contribution in [0.4, 0.5) is 0 Å². The summed E-state index contributed by atoms with van der Waals surface area (Å²) in [5, 5.41) is 15.8. The zero-order chi connectivity index (χ0) is 25.2. The molecule has 0 amide bonds. The highest BCUT2D eigenvalue weighted by Crippen LogP contribution is 2.46. The van der Waals surface area contributed by atoms with Crippen molar-refractivity contribution < 1.29 is 8.83 Å². The molecule has 0 bridgehead atoms. The van der Waals surface area contributed by atoms with E-state index in [0.717, 1.165) is 76.9 Å². The Morgan fingerprint density at radius 3 is 1.55 bits per heavy atom. The molecule has 0 saturated carbocycles. The van der Waals surface area contributed by atoms with Crippen LogP contribution in [-0.4, -0.2) is 0 Å². The normalized spacial score (nSPS) is 11.7. The van der Waals surface area contributed by atoms with Crippen LogP contribution < -0.4 is 0 Å². The Morgan fingerprint density at radius 2 is 0.974 bits per heavy atom. The second-order valence-corrected chi connectivity index (χ2v) is 9.60. The summed E-state index contributed by atoms with van der Waals surface area (Å²) in [4.78, 5) is 0. The number of para-hydroxylation sites is 2. The van der Waals surface area contributed by atoms with Gasteiger partial charge in [0.1, 0.15) is 22.3 Å². The average molecular weight is 486 g/mol. The van der Waals surface area contributed by atoms with E-state index in [-0.39, 0.29) is 0 Å². The van der Waals surface area contributed by atoms with Gasteiger partial charge in [0, 0.05) is 21.5 Å². The van der Waals surface area contributed by atoms with Gasteiger partial charge in [0.15, 0.2) is 0 Å². The van der Waals surface area contributed by atoms with Crippen LogP contribution in [0.3, 0.4) is 0 Å². The lowest BCUT2D eigenvalue weighted by atomic mass is 9.90. The molecule has 0 fully saturated rings. The molecule has 3 nitrogen and oxygen atoms in total. The highest BCUT2D eigenvalue weighted by Gasteiger charge is 2.22. The van der Waals surface area contributed by atoms with Gasteiger partial charge in [-0.3, -0.25) is 0 Å². The van der Waals surface area contributed by atoms with Gasteiger partial charge in [-0.15, -0.1) is 0 Å². The quantitative estimate of drug-likeness (QED) is 0.245. The summed E-state index contributed by atoms with van der Waals surface area (Å²) in [6.07, 6.45) is 0. The van der Waals surface area contributed by atoms with Crippen molar-refractivity contribution in [1.29, 1.82) is 5.26 Å². The molecule has 0 saturated heterocycles. The summed E-state index contributed by atoms with van der Waals surface area (Å²) >= 11 is 0. The molecule has 0 aliphatic rings. The molecule has 0 spiro atoms. The van der Waals surface area contributed by atoms with Crippen LogP contribution in [0.15, 0.2) is 124 Å². The number of hydrogen-bond acceptors (Lipinski definition) is 3. The minimum Gasteiger partial charge on any atom is -0.455 e. The van der Waals surface area contributed by atoms with Crippen LogP contribution in [0, 0.1) is 11.3 Å². The fourth-order valence-corrected chi connectivity index (χ4v) is 5.77. The molecule has 0 unspecified atom stereocenters. The monoisotopic (exact) mass is 485 g/mol. The first kappa shape index (κ1) is 20.8. The lowest BCUT2D eigenvalue weighted by Crippen LogP contribution is -1.88. The Labute approximate surface area is 217 Å². The van der Waals surface area contributed by atoms with Crippen LogP contribution in [0.1, 0.15) is 5.56 Å². The molecule has 2 aromatic heterocycles. The number of benzene rings is 6. The first-order valence-electron chi connectivity index (χ1n) is 12.6. The largest absolute Gasteiger partial charge is 0.455 e. The Hall–Kier alpha value is -5.33. The maximum Gasteiger partial charge on any atom is 0.147 e. The molecule has 8 rings (SSSR count). The van der Waals surface area contributed by atoms with E-state index in [9.17, 15) is 5.26 Å². The first-order valence-corrected chi connectivity index (χ1v) is 12.6. The summed E-state index contributed by atoms with van der Waals surface area (Å²) < 4.78 is 13.1. The van der Waals surface area contributed by atoms with E-state index in [4.69, 9.17) is 8.83 Å². The van der Waals surface area contributed by atoms with Crippen LogP contribution in [0.25, 0.3) is 76.9 Å². The van der Waals surface area contributed by atoms with E-state index in [2.05, 4.69) is 72.8 Å². The van der Waals surface area contributed by atoms with E-state index < -0.39 is 0 Å². The van der Waals surface area contributed by atoms with E-state index in [0.29, 0.717) is 5.56 Å². The van der Waals surface area contributed by atoms with Crippen molar-refractivity contribution in [2.24, 2.45) is 0 Å². The summed E-state index contributed by atoms with van der Waals surface area (Å²) in [5.74, 6) is 0. The fraction of sp³-hybridized carbons (Fsp3) is 0. The van der Waals surface area contributed by atoms with Crippen LogP contribution in [0.2, 0.25) is 0 Å². The smallest absolute Gasteiger partial charge is 0.147 e. The van der Waals surface area contributed by atoms with Gasteiger partial charge in [0.05, 0.1) is 17.2 Å². The molecule has 0 N–H and O–H groups in total. The number of fused-ring (bicyclic) bond motifs is 7. The van der Waals surface area contributed by atoms with E-state index in [1.807, 2.05) is 48.5 Å². The summed E-state index contributed by atoms with van der Waals surface area (Å²) in [7, 11) is 0. The maximum absolute atomic E-state index is 9.24. The Bertz CT molecular complexity index is 2150. The second kappa shape index (κ2) is 7.83. The lowest BCUT2D eigenvalue weighted by molar-refractivity contribution is 0.658. The average Bonchev–Trinajstić information content (AvgIpc) is 3.54. The summed E-state index contributed by atoms with van der Waals surface area (Å²) in [6.45, 7) is 0. The van der Waals surface area contributed by atoms with Crippen molar-refractivity contribution in [3.63, 3.8) is 0 Å². The molecule has 8 aromatic rings. The van der Waals surface area contributed by atoms with Crippen molar-refractivity contribution in [3.8, 4) is 28.3 Å². The molecule has 38 heavy (non-hydrogen) atoms. The van der Waals surface area contributed by atoms with E-state index in [1.54, 1.807) is 0 Å². The predicted molar refractivity (Wildman–Crippen MR) is 154 cm³/mol. The molecule has 3 heteroatoms.